The predicted octanol–water partition coefficient (Wildman–Crippen LogP) is 2.70. The lowest BCUT2D eigenvalue weighted by Crippen LogP contribution is -2.36. The van der Waals surface area contributed by atoms with Gasteiger partial charge in [-0.3, -0.25) is 4.79 Å². The average Bonchev–Trinajstić information content (AvgIpc) is 1.96. The molecular formula is C12H23NO. The molecule has 0 aromatic heterocycles. The second kappa shape index (κ2) is 4.63. The van der Waals surface area contributed by atoms with Gasteiger partial charge in [0.25, 0.3) is 0 Å². The molecule has 0 fully saturated rings. The van der Waals surface area contributed by atoms with E-state index in [1.807, 2.05) is 13.8 Å². The lowest BCUT2D eigenvalue weighted by atomic mass is 9.79. The number of nitrogens with zero attached hydrogens (tertiary/aromatic N) is 1. The molecule has 2 nitrogen and oxygen atoms in total. The van der Waals surface area contributed by atoms with Gasteiger partial charge in [0.1, 0.15) is 0 Å². The first-order chi connectivity index (χ1) is 6.16. The Morgan fingerprint density at radius 2 is 1.64 bits per heavy atom. The predicted molar refractivity (Wildman–Crippen MR) is 61.1 cm³/mol. The molecule has 14 heavy (non-hydrogen) atoms. The lowest BCUT2D eigenvalue weighted by Gasteiger charge is -2.29. The van der Waals surface area contributed by atoms with Gasteiger partial charge in [-0.25, -0.2) is 0 Å². The number of hydrogen-bond acceptors (Lipinski definition) is 1. The molecule has 0 aliphatic carbocycles. The fraction of sp³-hybridized carbons (Fsp3) is 0.750. The molecule has 0 aromatic rings. The summed E-state index contributed by atoms with van der Waals surface area (Å²) < 4.78 is 0. The van der Waals surface area contributed by atoms with Crippen LogP contribution in [0.2, 0.25) is 0 Å². The van der Waals surface area contributed by atoms with Crippen LogP contribution in [0.15, 0.2) is 11.6 Å². The smallest absolute Gasteiger partial charge is 0.229 e. The maximum Gasteiger partial charge on any atom is 0.229 e. The molecule has 82 valence electrons. The minimum absolute atomic E-state index is 0.0153. The third-order valence-corrected chi connectivity index (χ3v) is 2.14. The molecule has 2 heteroatoms. The number of amides is 1. The van der Waals surface area contributed by atoms with E-state index in [4.69, 9.17) is 0 Å². The van der Waals surface area contributed by atoms with E-state index < -0.39 is 0 Å². The molecule has 0 rings (SSSR count). The van der Waals surface area contributed by atoms with Crippen LogP contribution in [0, 0.1) is 11.3 Å². The number of carbonyl (C=O) groups excluding carboxylic acids is 1. The summed E-state index contributed by atoms with van der Waals surface area (Å²) >= 11 is 0. The van der Waals surface area contributed by atoms with Crippen LogP contribution in [0.3, 0.4) is 0 Å². The van der Waals surface area contributed by atoms with Crippen LogP contribution in [0.25, 0.3) is 0 Å². The Labute approximate surface area is 88.0 Å². The van der Waals surface area contributed by atoms with E-state index in [0.717, 1.165) is 0 Å². The fourth-order valence-electron chi connectivity index (χ4n) is 1.30. The number of allylic oxidation sites excluding steroid dienone is 1. The van der Waals surface area contributed by atoms with Gasteiger partial charge < -0.3 is 4.90 Å². The van der Waals surface area contributed by atoms with Crippen molar-refractivity contribution >= 4 is 5.91 Å². The van der Waals surface area contributed by atoms with E-state index >= 15 is 0 Å². The zero-order chi connectivity index (χ0) is 11.5. The average molecular weight is 197 g/mol. The van der Waals surface area contributed by atoms with Crippen LogP contribution in [-0.4, -0.2) is 24.9 Å². The molecule has 0 aliphatic heterocycles. The number of carbonyl (C=O) groups is 1. The molecular weight excluding hydrogens is 174 g/mol. The van der Waals surface area contributed by atoms with Crippen LogP contribution in [0.1, 0.15) is 34.6 Å². The van der Waals surface area contributed by atoms with E-state index in [-0.39, 0.29) is 17.2 Å². The molecule has 0 saturated heterocycles. The lowest BCUT2D eigenvalue weighted by molar-refractivity contribution is -0.134. The highest BCUT2D eigenvalue weighted by molar-refractivity contribution is 5.80. The molecule has 0 radical (unpaired) electrons. The highest BCUT2D eigenvalue weighted by Gasteiger charge is 2.30. The SMILES string of the molecule is CC(C)=CC(C(=O)N(C)C)C(C)(C)C. The highest BCUT2D eigenvalue weighted by Crippen LogP contribution is 2.29. The first kappa shape index (κ1) is 13.2. The van der Waals surface area contributed by atoms with E-state index in [1.54, 1.807) is 19.0 Å². The van der Waals surface area contributed by atoms with Crippen molar-refractivity contribution in [3.8, 4) is 0 Å². The first-order valence-corrected chi connectivity index (χ1v) is 5.02. The molecule has 0 aromatic carbocycles. The first-order valence-electron chi connectivity index (χ1n) is 5.02. The Hall–Kier alpha value is -0.790. The zero-order valence-corrected chi connectivity index (χ0v) is 10.5. The molecule has 0 aliphatic rings. The van der Waals surface area contributed by atoms with Crippen LogP contribution in [-0.2, 0) is 4.79 Å². The van der Waals surface area contributed by atoms with E-state index in [9.17, 15) is 4.79 Å². The van der Waals surface area contributed by atoms with Crippen molar-refractivity contribution < 1.29 is 4.79 Å². The van der Waals surface area contributed by atoms with Gasteiger partial charge in [0.05, 0.1) is 5.92 Å². The second-order valence-electron chi connectivity index (χ2n) is 5.32. The topological polar surface area (TPSA) is 20.3 Å². The summed E-state index contributed by atoms with van der Waals surface area (Å²) in [4.78, 5) is 13.6. The van der Waals surface area contributed by atoms with Gasteiger partial charge >= 0.3 is 0 Å². The van der Waals surface area contributed by atoms with Gasteiger partial charge in [0.2, 0.25) is 5.91 Å². The summed E-state index contributed by atoms with van der Waals surface area (Å²) in [6.07, 6.45) is 2.06. The summed E-state index contributed by atoms with van der Waals surface area (Å²) in [6.45, 7) is 10.3. The zero-order valence-electron chi connectivity index (χ0n) is 10.5. The molecule has 1 unspecified atom stereocenters. The summed E-state index contributed by atoms with van der Waals surface area (Å²) in [5.41, 5.74) is 1.18. The standard InChI is InChI=1S/C12H23NO/c1-9(2)8-10(12(3,4)5)11(14)13(6)7/h8,10H,1-7H3. The molecule has 0 spiro atoms. The minimum atomic E-state index is -0.0255. The van der Waals surface area contributed by atoms with Crippen molar-refractivity contribution in [2.24, 2.45) is 11.3 Å². The van der Waals surface area contributed by atoms with E-state index in [0.29, 0.717) is 0 Å². The third kappa shape index (κ3) is 3.95. The third-order valence-electron chi connectivity index (χ3n) is 2.14. The maximum absolute atomic E-state index is 11.9. The minimum Gasteiger partial charge on any atom is -0.348 e. The van der Waals surface area contributed by atoms with Gasteiger partial charge in [-0.2, -0.15) is 0 Å². The molecule has 0 saturated carbocycles. The van der Waals surface area contributed by atoms with Crippen molar-refractivity contribution in [3.05, 3.63) is 11.6 Å². The van der Waals surface area contributed by atoms with Crippen LogP contribution in [0.4, 0.5) is 0 Å². The quantitative estimate of drug-likeness (QED) is 0.623. The van der Waals surface area contributed by atoms with E-state index in [1.165, 1.54) is 5.57 Å². The fourth-order valence-corrected chi connectivity index (χ4v) is 1.30. The van der Waals surface area contributed by atoms with Crippen molar-refractivity contribution in [2.75, 3.05) is 14.1 Å². The Kier molecular flexibility index (Phi) is 4.37. The number of hydrogen-bond donors (Lipinski definition) is 0. The van der Waals surface area contributed by atoms with Gasteiger partial charge in [-0.05, 0) is 19.3 Å². The van der Waals surface area contributed by atoms with E-state index in [2.05, 4.69) is 26.8 Å². The van der Waals surface area contributed by atoms with Crippen LogP contribution < -0.4 is 0 Å². The van der Waals surface area contributed by atoms with Crippen molar-refractivity contribution in [3.63, 3.8) is 0 Å². The van der Waals surface area contributed by atoms with Crippen LogP contribution in [0.5, 0.6) is 0 Å². The Bertz CT molecular complexity index is 229. The van der Waals surface area contributed by atoms with Crippen molar-refractivity contribution in [1.82, 2.24) is 4.90 Å². The van der Waals surface area contributed by atoms with Gasteiger partial charge in [-0.1, -0.05) is 32.4 Å². The Morgan fingerprint density at radius 3 is 1.86 bits per heavy atom. The Balaban J connectivity index is 4.94. The maximum atomic E-state index is 11.9. The van der Waals surface area contributed by atoms with Gasteiger partial charge in [0, 0.05) is 14.1 Å². The summed E-state index contributed by atoms with van der Waals surface area (Å²) in [5.74, 6) is 0.154. The second-order valence-corrected chi connectivity index (χ2v) is 5.32. The van der Waals surface area contributed by atoms with Gasteiger partial charge in [0.15, 0.2) is 0 Å². The highest BCUT2D eigenvalue weighted by atomic mass is 16.2. The summed E-state index contributed by atoms with van der Waals surface area (Å²) in [6, 6.07) is 0. The molecule has 0 N–H and O–H groups in total. The Morgan fingerprint density at radius 1 is 1.21 bits per heavy atom. The van der Waals surface area contributed by atoms with Crippen LogP contribution >= 0.6 is 0 Å². The number of rotatable bonds is 2. The van der Waals surface area contributed by atoms with Gasteiger partial charge in [-0.15, -0.1) is 0 Å². The molecule has 1 amide bonds. The normalized spacial score (nSPS) is 13.4. The monoisotopic (exact) mass is 197 g/mol. The molecule has 0 heterocycles. The van der Waals surface area contributed by atoms with Crippen molar-refractivity contribution in [1.29, 1.82) is 0 Å². The molecule has 0 bridgehead atoms. The summed E-state index contributed by atoms with van der Waals surface area (Å²) in [7, 11) is 3.61. The largest absolute Gasteiger partial charge is 0.348 e. The molecule has 1 atom stereocenters. The van der Waals surface area contributed by atoms with Crippen molar-refractivity contribution in [2.45, 2.75) is 34.6 Å². The summed E-state index contributed by atoms with van der Waals surface area (Å²) in [5, 5.41) is 0.